The van der Waals surface area contributed by atoms with Gasteiger partial charge in [-0.15, -0.1) is 0 Å². The minimum atomic E-state index is 0.251. The molecular formula is C13H11Br2NO. The Labute approximate surface area is 117 Å². The first-order chi connectivity index (χ1) is 8.09. The molecule has 1 N–H and O–H groups in total. The van der Waals surface area contributed by atoms with E-state index < -0.39 is 0 Å². The highest BCUT2D eigenvalue weighted by atomic mass is 79.9. The monoisotopic (exact) mass is 355 g/mol. The lowest BCUT2D eigenvalue weighted by Gasteiger charge is -2.22. The minimum absolute atomic E-state index is 0.251. The van der Waals surface area contributed by atoms with Crippen molar-refractivity contribution in [3.05, 3.63) is 51.4 Å². The van der Waals surface area contributed by atoms with E-state index in [4.69, 9.17) is 0 Å². The summed E-state index contributed by atoms with van der Waals surface area (Å²) in [6.45, 7) is 0. The van der Waals surface area contributed by atoms with Gasteiger partial charge in [0.05, 0.1) is 11.4 Å². The molecule has 0 atom stereocenters. The molecule has 0 amide bonds. The summed E-state index contributed by atoms with van der Waals surface area (Å²) < 4.78 is 1.89. The summed E-state index contributed by atoms with van der Waals surface area (Å²) in [6, 6.07) is 13.2. The molecule has 2 rings (SSSR count). The van der Waals surface area contributed by atoms with E-state index >= 15 is 0 Å². The quantitative estimate of drug-likeness (QED) is 0.844. The van der Waals surface area contributed by atoms with E-state index in [-0.39, 0.29) is 5.75 Å². The third-order valence-corrected chi connectivity index (χ3v) is 3.81. The van der Waals surface area contributed by atoms with Gasteiger partial charge in [0.25, 0.3) is 0 Å². The van der Waals surface area contributed by atoms with E-state index in [1.807, 2.05) is 42.3 Å². The molecule has 0 aromatic heterocycles. The number of para-hydroxylation sites is 1. The van der Waals surface area contributed by atoms with Crippen LogP contribution in [0.5, 0.6) is 5.75 Å². The minimum Gasteiger partial charge on any atom is -0.508 e. The molecule has 2 aromatic rings. The predicted octanol–water partition coefficient (Wildman–Crippen LogP) is 4.69. The van der Waals surface area contributed by atoms with E-state index in [9.17, 15) is 5.11 Å². The average Bonchev–Trinajstić information content (AvgIpc) is 2.29. The Hall–Kier alpha value is -1.00. The number of aromatic hydroxyl groups is 1. The lowest BCUT2D eigenvalue weighted by Crippen LogP contribution is -2.10. The molecule has 0 fully saturated rings. The fraction of sp³-hybridized carbons (Fsp3) is 0.0769. The van der Waals surface area contributed by atoms with Crippen LogP contribution in [-0.2, 0) is 0 Å². The molecule has 0 saturated heterocycles. The predicted molar refractivity (Wildman–Crippen MR) is 78.0 cm³/mol. The fourth-order valence-corrected chi connectivity index (χ4v) is 2.80. The van der Waals surface area contributed by atoms with Crippen molar-refractivity contribution in [2.75, 3.05) is 11.9 Å². The smallest absolute Gasteiger partial charge is 0.116 e. The third-order valence-electron chi connectivity index (χ3n) is 2.51. The van der Waals surface area contributed by atoms with Crippen LogP contribution in [0, 0.1) is 0 Å². The Kier molecular flexibility index (Phi) is 3.74. The lowest BCUT2D eigenvalue weighted by molar-refractivity contribution is 0.475. The van der Waals surface area contributed by atoms with Crippen molar-refractivity contribution in [3.8, 4) is 5.75 Å². The van der Waals surface area contributed by atoms with E-state index in [1.54, 1.807) is 12.1 Å². The van der Waals surface area contributed by atoms with E-state index in [0.29, 0.717) is 0 Å². The summed E-state index contributed by atoms with van der Waals surface area (Å²) >= 11 is 6.98. The maximum Gasteiger partial charge on any atom is 0.116 e. The van der Waals surface area contributed by atoms with Crippen molar-refractivity contribution >= 4 is 43.2 Å². The molecule has 0 bridgehead atoms. The van der Waals surface area contributed by atoms with Crippen LogP contribution in [0.15, 0.2) is 51.4 Å². The second-order valence-electron chi connectivity index (χ2n) is 3.65. The largest absolute Gasteiger partial charge is 0.508 e. The molecular weight excluding hydrogens is 346 g/mol. The van der Waals surface area contributed by atoms with Gasteiger partial charge in [0.2, 0.25) is 0 Å². The zero-order chi connectivity index (χ0) is 12.4. The van der Waals surface area contributed by atoms with Crippen LogP contribution in [0.1, 0.15) is 0 Å². The summed E-state index contributed by atoms with van der Waals surface area (Å²) in [5.41, 5.74) is 2.06. The van der Waals surface area contributed by atoms with E-state index in [0.717, 1.165) is 20.3 Å². The number of phenolic OH excluding ortho intramolecular Hbond substituents is 1. The number of benzene rings is 2. The van der Waals surface area contributed by atoms with Gasteiger partial charge in [-0.1, -0.05) is 12.1 Å². The van der Waals surface area contributed by atoms with Gasteiger partial charge in [0.15, 0.2) is 0 Å². The zero-order valence-electron chi connectivity index (χ0n) is 9.19. The van der Waals surface area contributed by atoms with Crippen LogP contribution in [0.25, 0.3) is 0 Å². The van der Waals surface area contributed by atoms with Gasteiger partial charge in [-0.25, -0.2) is 0 Å². The number of hydrogen-bond acceptors (Lipinski definition) is 2. The molecule has 0 aliphatic rings. The Bertz CT molecular complexity index is 543. The summed E-state index contributed by atoms with van der Waals surface area (Å²) in [5, 5.41) is 9.39. The molecule has 0 spiro atoms. The van der Waals surface area contributed by atoms with Gasteiger partial charge >= 0.3 is 0 Å². The van der Waals surface area contributed by atoms with Crippen LogP contribution in [0.4, 0.5) is 11.4 Å². The molecule has 2 aromatic carbocycles. The van der Waals surface area contributed by atoms with Gasteiger partial charge in [-0.05, 0) is 62.2 Å². The number of anilines is 2. The van der Waals surface area contributed by atoms with Gasteiger partial charge in [-0.3, -0.25) is 0 Å². The normalized spacial score (nSPS) is 10.3. The second kappa shape index (κ2) is 5.10. The van der Waals surface area contributed by atoms with Crippen molar-refractivity contribution in [1.29, 1.82) is 0 Å². The Morgan fingerprint density at radius 2 is 1.59 bits per heavy atom. The molecule has 2 nitrogen and oxygen atoms in total. The number of nitrogens with zero attached hydrogens (tertiary/aromatic N) is 1. The second-order valence-corrected chi connectivity index (χ2v) is 5.35. The van der Waals surface area contributed by atoms with Crippen LogP contribution in [0.3, 0.4) is 0 Å². The van der Waals surface area contributed by atoms with Crippen LogP contribution >= 0.6 is 31.9 Å². The number of rotatable bonds is 2. The van der Waals surface area contributed by atoms with Crippen LogP contribution < -0.4 is 4.90 Å². The van der Waals surface area contributed by atoms with Gasteiger partial charge in [0, 0.05) is 16.0 Å². The Morgan fingerprint density at radius 1 is 0.941 bits per heavy atom. The molecule has 4 heteroatoms. The molecule has 0 aliphatic heterocycles. The third kappa shape index (κ3) is 2.64. The molecule has 0 unspecified atom stereocenters. The summed E-state index contributed by atoms with van der Waals surface area (Å²) in [5.74, 6) is 0.251. The van der Waals surface area contributed by atoms with Gasteiger partial charge < -0.3 is 10.0 Å². The highest BCUT2D eigenvalue weighted by Crippen LogP contribution is 2.36. The number of phenols is 1. The average molecular weight is 357 g/mol. The first-order valence-corrected chi connectivity index (χ1v) is 6.65. The standard InChI is InChI=1S/C13H11Br2NO/c1-16(12-5-3-2-4-10(12)14)13-7-6-9(17)8-11(13)15/h2-8,17H,1H3. The topological polar surface area (TPSA) is 23.5 Å². The maximum absolute atomic E-state index is 9.39. The maximum atomic E-state index is 9.39. The summed E-state index contributed by atoms with van der Waals surface area (Å²) in [7, 11) is 1.98. The molecule has 0 radical (unpaired) electrons. The zero-order valence-corrected chi connectivity index (χ0v) is 12.4. The van der Waals surface area contributed by atoms with Gasteiger partial charge in [0.1, 0.15) is 5.75 Å². The van der Waals surface area contributed by atoms with Crippen molar-refractivity contribution in [1.82, 2.24) is 0 Å². The van der Waals surface area contributed by atoms with Gasteiger partial charge in [-0.2, -0.15) is 0 Å². The van der Waals surface area contributed by atoms with Crippen molar-refractivity contribution in [2.45, 2.75) is 0 Å². The molecule has 0 saturated carbocycles. The first-order valence-electron chi connectivity index (χ1n) is 5.06. The van der Waals surface area contributed by atoms with Crippen LogP contribution in [0.2, 0.25) is 0 Å². The molecule has 17 heavy (non-hydrogen) atoms. The SMILES string of the molecule is CN(c1ccccc1Br)c1ccc(O)cc1Br. The van der Waals surface area contributed by atoms with Crippen molar-refractivity contribution in [2.24, 2.45) is 0 Å². The van der Waals surface area contributed by atoms with E-state index in [2.05, 4.69) is 31.9 Å². The Balaban J connectivity index is 2.44. The molecule has 0 aliphatic carbocycles. The van der Waals surface area contributed by atoms with E-state index in [1.165, 1.54) is 0 Å². The molecule has 0 heterocycles. The lowest BCUT2D eigenvalue weighted by atomic mass is 10.2. The summed E-state index contributed by atoms with van der Waals surface area (Å²) in [4.78, 5) is 2.05. The Morgan fingerprint density at radius 3 is 2.24 bits per heavy atom. The fourth-order valence-electron chi connectivity index (χ4n) is 1.62. The first kappa shape index (κ1) is 12.5. The highest BCUT2D eigenvalue weighted by Gasteiger charge is 2.10. The number of halogens is 2. The highest BCUT2D eigenvalue weighted by molar-refractivity contribution is 9.11. The van der Waals surface area contributed by atoms with Crippen molar-refractivity contribution in [3.63, 3.8) is 0 Å². The summed E-state index contributed by atoms with van der Waals surface area (Å²) in [6.07, 6.45) is 0. The molecule has 88 valence electrons. The number of hydrogen-bond donors (Lipinski definition) is 1. The van der Waals surface area contributed by atoms with Crippen molar-refractivity contribution < 1.29 is 5.11 Å². The van der Waals surface area contributed by atoms with Crippen LogP contribution in [-0.4, -0.2) is 12.2 Å².